The van der Waals surface area contributed by atoms with Gasteiger partial charge in [0.05, 0.1) is 18.0 Å². The molecule has 0 spiro atoms. The Kier molecular flexibility index (Phi) is 8.70. The summed E-state index contributed by atoms with van der Waals surface area (Å²) in [6.45, 7) is 10.5. The third kappa shape index (κ3) is 8.24. The molecule has 0 atom stereocenters. The summed E-state index contributed by atoms with van der Waals surface area (Å²) in [5.41, 5.74) is -0.804. The summed E-state index contributed by atoms with van der Waals surface area (Å²) in [5.74, 6) is -1.56. The molecule has 194 valence electrons. The van der Waals surface area contributed by atoms with Crippen molar-refractivity contribution in [2.24, 2.45) is 14.1 Å². The van der Waals surface area contributed by atoms with Crippen LogP contribution < -0.4 is 5.46 Å². The highest BCUT2D eigenvalue weighted by Gasteiger charge is 2.28. The van der Waals surface area contributed by atoms with Crippen molar-refractivity contribution in [1.82, 2.24) is 29.5 Å². The second-order valence-electron chi connectivity index (χ2n) is 9.77. The molecule has 0 fully saturated rings. The summed E-state index contributed by atoms with van der Waals surface area (Å²) in [5, 5.41) is 26.0. The summed E-state index contributed by atoms with van der Waals surface area (Å²) in [6, 6.07) is 0. The normalized spacial score (nSPS) is 11.4. The fraction of sp³-hybridized carbons (Fsp3) is 0.455. The van der Waals surface area contributed by atoms with E-state index in [4.69, 9.17) is 19.5 Å². The second-order valence-corrected chi connectivity index (χ2v) is 9.77. The highest BCUT2D eigenvalue weighted by molar-refractivity contribution is 6.60. The van der Waals surface area contributed by atoms with Crippen LogP contribution in [0.25, 0.3) is 11.4 Å². The van der Waals surface area contributed by atoms with Crippen LogP contribution in [-0.2, 0) is 23.6 Å². The molecule has 0 amide bonds. The molecular weight excluding hydrogens is 474 g/mol. The van der Waals surface area contributed by atoms with Gasteiger partial charge in [-0.3, -0.25) is 9.36 Å². The lowest BCUT2D eigenvalue weighted by Gasteiger charge is -2.18. The van der Waals surface area contributed by atoms with Crippen LogP contribution >= 0.6 is 0 Å². The molecule has 0 saturated heterocycles. The maximum absolute atomic E-state index is 12.9. The Morgan fingerprint density at radius 2 is 1.31 bits per heavy atom. The second kappa shape index (κ2) is 11.0. The lowest BCUT2D eigenvalue weighted by molar-refractivity contribution is 0.00507. The van der Waals surface area contributed by atoms with Gasteiger partial charge in [-0.15, -0.1) is 0 Å². The van der Waals surface area contributed by atoms with Gasteiger partial charge in [-0.1, -0.05) is 0 Å². The molecule has 0 saturated carbocycles. The molecule has 0 aliphatic heterocycles. The van der Waals surface area contributed by atoms with E-state index >= 15 is 0 Å². The SMILES string of the molecule is Cn1cc(-c2ncc(F)cn2)c(C(=O)OC(C)(C)C)n1.Cn1cc(B(O)O)c(C(=O)OC(C)(C)C)n1. The number of ether oxygens (including phenoxy) is 2. The van der Waals surface area contributed by atoms with E-state index in [-0.39, 0.29) is 22.7 Å². The molecule has 0 bridgehead atoms. The first-order chi connectivity index (χ1) is 16.5. The van der Waals surface area contributed by atoms with Gasteiger partial charge in [0.1, 0.15) is 11.2 Å². The molecule has 12 nitrogen and oxygen atoms in total. The lowest BCUT2D eigenvalue weighted by Crippen LogP contribution is -2.35. The number of rotatable bonds is 4. The number of carbonyl (C=O) groups excluding carboxylic acids is 2. The van der Waals surface area contributed by atoms with E-state index in [2.05, 4.69) is 20.2 Å². The first kappa shape index (κ1) is 28.6. The van der Waals surface area contributed by atoms with Crippen LogP contribution in [0.1, 0.15) is 62.5 Å². The van der Waals surface area contributed by atoms with E-state index in [0.717, 1.165) is 12.4 Å². The Balaban J connectivity index is 0.000000261. The van der Waals surface area contributed by atoms with Crippen LogP contribution in [0.2, 0.25) is 0 Å². The molecule has 36 heavy (non-hydrogen) atoms. The molecule has 14 heteroatoms. The molecule has 3 aromatic heterocycles. The van der Waals surface area contributed by atoms with Crippen molar-refractivity contribution in [2.75, 3.05) is 0 Å². The minimum atomic E-state index is -1.74. The fourth-order valence-corrected chi connectivity index (χ4v) is 2.76. The third-order valence-electron chi connectivity index (χ3n) is 4.01. The monoisotopic (exact) mass is 504 g/mol. The molecule has 0 unspecified atom stereocenters. The van der Waals surface area contributed by atoms with Crippen LogP contribution in [-0.4, -0.2) is 69.8 Å². The van der Waals surface area contributed by atoms with Crippen LogP contribution in [0.5, 0.6) is 0 Å². The Morgan fingerprint density at radius 1 is 0.861 bits per heavy atom. The van der Waals surface area contributed by atoms with Gasteiger partial charge in [0.25, 0.3) is 0 Å². The van der Waals surface area contributed by atoms with Gasteiger partial charge in [-0.2, -0.15) is 10.2 Å². The number of aryl methyl sites for hydroxylation is 2. The zero-order valence-electron chi connectivity index (χ0n) is 21.5. The third-order valence-corrected chi connectivity index (χ3v) is 4.01. The Labute approximate surface area is 208 Å². The number of aromatic nitrogens is 6. The molecule has 3 heterocycles. The van der Waals surface area contributed by atoms with Gasteiger partial charge in [0, 0.05) is 32.0 Å². The fourth-order valence-electron chi connectivity index (χ4n) is 2.76. The molecule has 2 N–H and O–H groups in total. The molecule has 3 aromatic rings. The summed E-state index contributed by atoms with van der Waals surface area (Å²) in [7, 11) is 1.51. The zero-order chi connectivity index (χ0) is 27.4. The molecule has 0 aliphatic rings. The van der Waals surface area contributed by atoms with Crippen molar-refractivity contribution in [3.05, 3.63) is 42.0 Å². The number of nitrogens with zero attached hydrogens (tertiary/aromatic N) is 6. The van der Waals surface area contributed by atoms with E-state index < -0.39 is 36.1 Å². The van der Waals surface area contributed by atoms with Crippen molar-refractivity contribution in [2.45, 2.75) is 52.7 Å². The number of carbonyl (C=O) groups is 2. The van der Waals surface area contributed by atoms with E-state index in [1.807, 2.05) is 0 Å². The number of esters is 2. The standard InChI is InChI=1S/C13H15FN4O2.C9H15BN2O4/c1-13(2,3)20-12(19)10-9(7-18(4)17-10)11-15-5-8(14)6-16-11;1-9(2,3)16-8(13)7-6(10(14)15)5-12(4)11-7/h5-7H,1-4H3;5,14-15H,1-4H3. The summed E-state index contributed by atoms with van der Waals surface area (Å²) in [4.78, 5) is 31.5. The van der Waals surface area contributed by atoms with Crippen molar-refractivity contribution in [3.63, 3.8) is 0 Å². The van der Waals surface area contributed by atoms with Gasteiger partial charge < -0.3 is 19.5 Å². The first-order valence-corrected chi connectivity index (χ1v) is 10.8. The van der Waals surface area contributed by atoms with Crippen molar-refractivity contribution in [3.8, 4) is 11.4 Å². The molecular formula is C22H30BFN6O6. The smallest absolute Gasteiger partial charge is 0.455 e. The number of hydrogen-bond donors (Lipinski definition) is 2. The van der Waals surface area contributed by atoms with Crippen molar-refractivity contribution in [1.29, 1.82) is 0 Å². The van der Waals surface area contributed by atoms with Gasteiger partial charge >= 0.3 is 19.1 Å². The Hall–Kier alpha value is -3.65. The minimum Gasteiger partial charge on any atom is -0.455 e. The molecule has 3 rings (SSSR count). The van der Waals surface area contributed by atoms with E-state index in [1.165, 1.54) is 15.6 Å². The van der Waals surface area contributed by atoms with E-state index in [1.54, 1.807) is 61.8 Å². The molecule has 0 aromatic carbocycles. The van der Waals surface area contributed by atoms with Gasteiger partial charge in [-0.25, -0.2) is 23.9 Å². The Bertz CT molecular complexity index is 1210. The largest absolute Gasteiger partial charge is 0.492 e. The van der Waals surface area contributed by atoms with Gasteiger partial charge in [0.2, 0.25) is 0 Å². The summed E-state index contributed by atoms with van der Waals surface area (Å²) < 4.78 is 26.0. The topological polar surface area (TPSA) is 154 Å². The molecule has 0 radical (unpaired) electrons. The van der Waals surface area contributed by atoms with Crippen LogP contribution in [0.15, 0.2) is 24.8 Å². The average molecular weight is 504 g/mol. The molecule has 0 aliphatic carbocycles. The predicted octanol–water partition coefficient (Wildman–Crippen LogP) is 1.03. The summed E-state index contributed by atoms with van der Waals surface area (Å²) >= 11 is 0. The predicted molar refractivity (Wildman–Crippen MR) is 128 cm³/mol. The number of halogens is 1. The van der Waals surface area contributed by atoms with E-state index in [0.29, 0.717) is 5.56 Å². The first-order valence-electron chi connectivity index (χ1n) is 10.8. The zero-order valence-corrected chi connectivity index (χ0v) is 21.5. The van der Waals surface area contributed by atoms with Crippen LogP contribution in [0, 0.1) is 5.82 Å². The van der Waals surface area contributed by atoms with E-state index in [9.17, 15) is 14.0 Å². The van der Waals surface area contributed by atoms with Crippen molar-refractivity contribution < 1.29 is 33.5 Å². The van der Waals surface area contributed by atoms with Crippen LogP contribution in [0.4, 0.5) is 4.39 Å². The average Bonchev–Trinajstić information content (AvgIpc) is 3.30. The maximum Gasteiger partial charge on any atom is 0.492 e. The summed E-state index contributed by atoms with van der Waals surface area (Å²) in [6.07, 6.45) is 5.03. The Morgan fingerprint density at radius 3 is 1.78 bits per heavy atom. The highest BCUT2D eigenvalue weighted by Crippen LogP contribution is 2.21. The van der Waals surface area contributed by atoms with Gasteiger partial charge in [-0.05, 0) is 41.5 Å². The highest BCUT2D eigenvalue weighted by atomic mass is 19.1. The minimum absolute atomic E-state index is 0.0387. The van der Waals surface area contributed by atoms with Crippen molar-refractivity contribution >= 4 is 24.5 Å². The van der Waals surface area contributed by atoms with Crippen LogP contribution in [0.3, 0.4) is 0 Å². The lowest BCUT2D eigenvalue weighted by atomic mass is 9.80. The maximum atomic E-state index is 12.9. The quantitative estimate of drug-likeness (QED) is 0.389. The number of hydrogen-bond acceptors (Lipinski definition) is 10. The van der Waals surface area contributed by atoms with Gasteiger partial charge in [0.15, 0.2) is 23.0 Å².